The first-order valence-corrected chi connectivity index (χ1v) is 8.49. The van der Waals surface area contributed by atoms with E-state index in [9.17, 15) is 14.7 Å². The number of benzene rings is 1. The van der Waals surface area contributed by atoms with Gasteiger partial charge in [-0.3, -0.25) is 9.89 Å². The van der Waals surface area contributed by atoms with Crippen LogP contribution in [0.3, 0.4) is 0 Å². The van der Waals surface area contributed by atoms with Crippen molar-refractivity contribution in [2.45, 2.75) is 25.3 Å². The number of fused-ring (bicyclic) bond motifs is 1. The van der Waals surface area contributed by atoms with Gasteiger partial charge >= 0.3 is 5.97 Å². The number of carbonyl (C=O) groups excluding carboxylic acids is 1. The number of para-hydroxylation sites is 1. The number of likely N-dealkylation sites (tertiary alicyclic amines) is 1. The van der Waals surface area contributed by atoms with Crippen LogP contribution in [0.15, 0.2) is 36.7 Å². The van der Waals surface area contributed by atoms with Gasteiger partial charge in [-0.25, -0.2) is 9.78 Å². The Morgan fingerprint density at radius 3 is 2.62 bits per heavy atom. The quantitative estimate of drug-likeness (QED) is 0.747. The fourth-order valence-electron chi connectivity index (χ4n) is 3.74. The Hall–Kier alpha value is -3.16. The van der Waals surface area contributed by atoms with Crippen LogP contribution in [-0.2, 0) is 10.3 Å². The van der Waals surface area contributed by atoms with E-state index in [0.29, 0.717) is 37.4 Å². The van der Waals surface area contributed by atoms with E-state index >= 15 is 0 Å². The van der Waals surface area contributed by atoms with Crippen LogP contribution in [0.25, 0.3) is 10.9 Å². The van der Waals surface area contributed by atoms with E-state index in [1.807, 2.05) is 24.3 Å². The first kappa shape index (κ1) is 16.3. The Balaban J connectivity index is 1.59. The zero-order valence-electron chi connectivity index (χ0n) is 14.3. The number of carboxylic acid groups (broad SMARTS) is 1. The average Bonchev–Trinajstić information content (AvgIpc) is 3.27. The summed E-state index contributed by atoms with van der Waals surface area (Å²) >= 11 is 0. The molecule has 0 aliphatic carbocycles. The minimum Gasteiger partial charge on any atom is -0.479 e. The highest BCUT2D eigenvalue weighted by Gasteiger charge is 2.45. The zero-order chi connectivity index (χ0) is 18.3. The Morgan fingerprint density at radius 2 is 1.96 bits per heavy atom. The molecule has 0 unspecified atom stereocenters. The molecule has 8 heteroatoms. The van der Waals surface area contributed by atoms with Gasteiger partial charge in [-0.15, -0.1) is 0 Å². The number of hydrogen-bond acceptors (Lipinski definition) is 4. The summed E-state index contributed by atoms with van der Waals surface area (Å²) in [6, 6.07) is 7.46. The molecule has 1 aromatic carbocycles. The third-order valence-corrected chi connectivity index (χ3v) is 5.24. The second-order valence-corrected chi connectivity index (χ2v) is 6.59. The molecule has 1 aliphatic rings. The summed E-state index contributed by atoms with van der Waals surface area (Å²) in [5, 5.41) is 17.7. The van der Waals surface area contributed by atoms with Gasteiger partial charge in [-0.05, 0) is 25.8 Å². The number of aliphatic carboxylic acids is 1. The summed E-state index contributed by atoms with van der Waals surface area (Å²) < 4.78 is 1.71. The lowest BCUT2D eigenvalue weighted by Gasteiger charge is -2.40. The van der Waals surface area contributed by atoms with E-state index in [1.54, 1.807) is 28.8 Å². The van der Waals surface area contributed by atoms with Crippen molar-refractivity contribution in [2.75, 3.05) is 13.1 Å². The van der Waals surface area contributed by atoms with E-state index in [2.05, 4.69) is 15.2 Å². The lowest BCUT2D eigenvalue weighted by molar-refractivity contribution is -0.150. The van der Waals surface area contributed by atoms with Crippen LogP contribution in [0.2, 0.25) is 0 Å². The van der Waals surface area contributed by atoms with Crippen LogP contribution in [0.4, 0.5) is 0 Å². The van der Waals surface area contributed by atoms with Gasteiger partial charge in [0.05, 0.1) is 5.52 Å². The number of H-pyrrole nitrogens is 1. The molecule has 1 saturated heterocycles. The number of imidazole rings is 1. The number of carbonyl (C=O) groups is 2. The summed E-state index contributed by atoms with van der Waals surface area (Å²) in [5.74, 6) is -0.412. The monoisotopic (exact) mass is 353 g/mol. The number of carboxylic acids is 1. The van der Waals surface area contributed by atoms with Crippen LogP contribution in [0.1, 0.15) is 29.2 Å². The summed E-state index contributed by atoms with van der Waals surface area (Å²) in [7, 11) is 0. The van der Waals surface area contributed by atoms with Crippen molar-refractivity contribution in [1.29, 1.82) is 0 Å². The van der Waals surface area contributed by atoms with Gasteiger partial charge in [0, 0.05) is 30.9 Å². The second-order valence-electron chi connectivity index (χ2n) is 6.59. The third kappa shape index (κ3) is 2.37. The highest BCUT2D eigenvalue weighted by Crippen LogP contribution is 2.32. The number of nitrogens with zero attached hydrogens (tertiary/aromatic N) is 4. The van der Waals surface area contributed by atoms with Gasteiger partial charge in [0.25, 0.3) is 5.91 Å². The predicted octanol–water partition coefficient (Wildman–Crippen LogP) is 1.78. The van der Waals surface area contributed by atoms with E-state index in [4.69, 9.17) is 0 Å². The van der Waals surface area contributed by atoms with E-state index in [-0.39, 0.29) is 5.91 Å². The molecule has 2 N–H and O–H groups in total. The topological polar surface area (TPSA) is 104 Å². The summed E-state index contributed by atoms with van der Waals surface area (Å²) in [6.07, 6.45) is 3.96. The number of aromatic nitrogens is 4. The number of aryl methyl sites for hydroxylation is 1. The average molecular weight is 353 g/mol. The minimum absolute atomic E-state index is 0.177. The maximum atomic E-state index is 12.9. The van der Waals surface area contributed by atoms with Gasteiger partial charge in [-0.2, -0.15) is 5.10 Å². The smallest absolute Gasteiger partial charge is 0.330 e. The SMILES string of the molecule is Cc1nccn1C1(C(=O)O)CCN(C(=O)c2n[nH]c3ccccc23)CC1. The molecule has 26 heavy (non-hydrogen) atoms. The maximum absolute atomic E-state index is 12.9. The molecule has 8 nitrogen and oxygen atoms in total. The molecular weight excluding hydrogens is 334 g/mol. The highest BCUT2D eigenvalue weighted by molar-refractivity contribution is 6.04. The molecule has 0 saturated carbocycles. The van der Waals surface area contributed by atoms with Gasteiger partial charge in [0.15, 0.2) is 5.69 Å². The summed E-state index contributed by atoms with van der Waals surface area (Å²) in [5.41, 5.74) is 0.120. The molecule has 1 fully saturated rings. The molecule has 0 bridgehead atoms. The van der Waals surface area contributed by atoms with Crippen LogP contribution < -0.4 is 0 Å². The predicted molar refractivity (Wildman–Crippen MR) is 93.8 cm³/mol. The standard InChI is InChI=1S/C18H19N5O3/c1-12-19-8-11-23(12)18(17(25)26)6-9-22(10-7-18)16(24)15-13-4-2-3-5-14(13)20-21-15/h2-5,8,11H,6-7,9-10H2,1H3,(H,20,21)(H,25,26). The Bertz CT molecular complexity index is 982. The van der Waals surface area contributed by atoms with E-state index in [1.165, 1.54) is 0 Å². The number of nitrogens with one attached hydrogen (secondary N) is 1. The summed E-state index contributed by atoms with van der Waals surface area (Å²) in [4.78, 5) is 30.8. The minimum atomic E-state index is -1.06. The van der Waals surface area contributed by atoms with Gasteiger partial charge in [0.2, 0.25) is 0 Å². The molecule has 3 heterocycles. The Morgan fingerprint density at radius 1 is 1.23 bits per heavy atom. The number of amides is 1. The van der Waals surface area contributed by atoms with Crippen LogP contribution >= 0.6 is 0 Å². The molecule has 2 aromatic heterocycles. The fraction of sp³-hybridized carbons (Fsp3) is 0.333. The van der Waals surface area contributed by atoms with Crippen molar-refractivity contribution in [2.24, 2.45) is 0 Å². The molecule has 1 aliphatic heterocycles. The number of aromatic amines is 1. The fourth-order valence-corrected chi connectivity index (χ4v) is 3.74. The van der Waals surface area contributed by atoms with Crippen molar-refractivity contribution in [3.05, 3.63) is 48.2 Å². The van der Waals surface area contributed by atoms with Crippen LogP contribution in [0.5, 0.6) is 0 Å². The zero-order valence-corrected chi connectivity index (χ0v) is 14.3. The molecule has 134 valence electrons. The van der Waals surface area contributed by atoms with E-state index < -0.39 is 11.5 Å². The first-order valence-electron chi connectivity index (χ1n) is 8.49. The van der Waals surface area contributed by atoms with Crippen LogP contribution in [-0.4, -0.2) is 54.7 Å². The lowest BCUT2D eigenvalue weighted by Crippen LogP contribution is -2.52. The molecule has 0 spiro atoms. The molecule has 1 amide bonds. The molecule has 0 atom stereocenters. The Kier molecular flexibility index (Phi) is 3.75. The van der Waals surface area contributed by atoms with Crippen molar-refractivity contribution < 1.29 is 14.7 Å². The van der Waals surface area contributed by atoms with Crippen molar-refractivity contribution in [1.82, 2.24) is 24.6 Å². The summed E-state index contributed by atoms with van der Waals surface area (Å²) in [6.45, 7) is 2.49. The normalized spacial score (nSPS) is 16.7. The van der Waals surface area contributed by atoms with Gasteiger partial charge in [-0.1, -0.05) is 18.2 Å². The van der Waals surface area contributed by atoms with Crippen molar-refractivity contribution >= 4 is 22.8 Å². The largest absolute Gasteiger partial charge is 0.479 e. The molecule has 3 aromatic rings. The number of rotatable bonds is 3. The van der Waals surface area contributed by atoms with Crippen molar-refractivity contribution in [3.8, 4) is 0 Å². The van der Waals surface area contributed by atoms with Crippen LogP contribution in [0, 0.1) is 6.92 Å². The second kappa shape index (κ2) is 5.98. The maximum Gasteiger partial charge on any atom is 0.330 e. The Labute approximate surface area is 149 Å². The lowest BCUT2D eigenvalue weighted by atomic mass is 9.86. The molecular formula is C18H19N5O3. The van der Waals surface area contributed by atoms with Gasteiger partial charge in [0.1, 0.15) is 11.4 Å². The van der Waals surface area contributed by atoms with Crippen molar-refractivity contribution in [3.63, 3.8) is 0 Å². The molecule has 0 radical (unpaired) electrons. The molecule has 4 rings (SSSR count). The third-order valence-electron chi connectivity index (χ3n) is 5.24. The number of hydrogen-bond donors (Lipinski definition) is 2. The van der Waals surface area contributed by atoms with Gasteiger partial charge < -0.3 is 14.6 Å². The van der Waals surface area contributed by atoms with E-state index in [0.717, 1.165) is 10.9 Å². The highest BCUT2D eigenvalue weighted by atomic mass is 16.4. The first-order chi connectivity index (χ1) is 12.5. The number of piperidine rings is 1.